The first-order chi connectivity index (χ1) is 7.18. The van der Waals surface area contributed by atoms with Gasteiger partial charge in [0.2, 0.25) is 0 Å². The zero-order valence-electron chi connectivity index (χ0n) is 9.10. The number of aliphatic hydroxyl groups excluding tert-OH is 1. The zero-order valence-corrected chi connectivity index (χ0v) is 9.10. The average molecular weight is 207 g/mol. The number of ether oxygens (including phenoxy) is 1. The lowest BCUT2D eigenvalue weighted by molar-refractivity contribution is 0.0522. The standard InChI is InChI=1S/C12H17NO2/c1-8(2)13-12-9-5-3-4-6-11(9)15-7-10(12)14/h3-6,8,10,12-14H,7H2,1-2H3/t10-,12-/m1/s1. The lowest BCUT2D eigenvalue weighted by Gasteiger charge is -2.32. The van der Waals surface area contributed by atoms with Crippen LogP contribution in [0.15, 0.2) is 24.3 Å². The highest BCUT2D eigenvalue weighted by atomic mass is 16.5. The highest BCUT2D eigenvalue weighted by Gasteiger charge is 2.29. The molecule has 1 aliphatic rings. The topological polar surface area (TPSA) is 41.5 Å². The Kier molecular flexibility index (Phi) is 2.93. The van der Waals surface area contributed by atoms with Crippen molar-refractivity contribution in [3.63, 3.8) is 0 Å². The zero-order chi connectivity index (χ0) is 10.8. The fourth-order valence-corrected chi connectivity index (χ4v) is 1.91. The molecule has 1 aromatic rings. The van der Waals surface area contributed by atoms with E-state index in [-0.39, 0.29) is 6.04 Å². The number of rotatable bonds is 2. The van der Waals surface area contributed by atoms with Crippen LogP contribution in [-0.2, 0) is 0 Å². The van der Waals surface area contributed by atoms with Crippen LogP contribution in [-0.4, -0.2) is 23.9 Å². The number of aliphatic hydroxyl groups is 1. The number of benzene rings is 1. The number of para-hydroxylation sites is 1. The first-order valence-corrected chi connectivity index (χ1v) is 5.34. The van der Waals surface area contributed by atoms with Gasteiger partial charge in [-0.05, 0) is 6.07 Å². The Bertz CT molecular complexity index is 338. The SMILES string of the molecule is CC(C)N[C@@H]1c2ccccc2OC[C@H]1O. The van der Waals surface area contributed by atoms with Crippen molar-refractivity contribution in [2.45, 2.75) is 32.0 Å². The van der Waals surface area contributed by atoms with Gasteiger partial charge in [0.05, 0.1) is 6.04 Å². The van der Waals surface area contributed by atoms with Gasteiger partial charge >= 0.3 is 0 Å². The monoisotopic (exact) mass is 207 g/mol. The molecule has 0 unspecified atom stereocenters. The fourth-order valence-electron chi connectivity index (χ4n) is 1.91. The predicted octanol–water partition coefficient (Wildman–Crippen LogP) is 1.48. The van der Waals surface area contributed by atoms with Gasteiger partial charge in [0.25, 0.3) is 0 Å². The molecule has 2 N–H and O–H groups in total. The van der Waals surface area contributed by atoms with Gasteiger partial charge in [-0.25, -0.2) is 0 Å². The normalized spacial score (nSPS) is 24.8. The molecule has 1 aliphatic heterocycles. The Morgan fingerprint density at radius 1 is 1.40 bits per heavy atom. The van der Waals surface area contributed by atoms with E-state index in [4.69, 9.17) is 4.74 Å². The third-order valence-corrected chi connectivity index (χ3v) is 2.56. The quantitative estimate of drug-likeness (QED) is 0.771. The van der Waals surface area contributed by atoms with Crippen molar-refractivity contribution in [1.82, 2.24) is 5.32 Å². The van der Waals surface area contributed by atoms with Gasteiger partial charge in [0, 0.05) is 11.6 Å². The predicted molar refractivity (Wildman–Crippen MR) is 59.0 cm³/mol. The molecule has 2 rings (SSSR count). The highest BCUT2D eigenvalue weighted by molar-refractivity contribution is 5.38. The van der Waals surface area contributed by atoms with Crippen LogP contribution in [0.2, 0.25) is 0 Å². The fraction of sp³-hybridized carbons (Fsp3) is 0.500. The molecule has 0 saturated heterocycles. The molecule has 0 fully saturated rings. The van der Waals surface area contributed by atoms with E-state index in [2.05, 4.69) is 19.2 Å². The maximum absolute atomic E-state index is 9.88. The summed E-state index contributed by atoms with van der Waals surface area (Å²) in [5.41, 5.74) is 1.05. The smallest absolute Gasteiger partial charge is 0.124 e. The summed E-state index contributed by atoms with van der Waals surface area (Å²) in [5, 5.41) is 13.2. The second-order valence-corrected chi connectivity index (χ2v) is 4.22. The number of nitrogens with one attached hydrogen (secondary N) is 1. The van der Waals surface area contributed by atoms with Crippen molar-refractivity contribution in [3.05, 3.63) is 29.8 Å². The molecular weight excluding hydrogens is 190 g/mol. The summed E-state index contributed by atoms with van der Waals surface area (Å²) in [6.45, 7) is 4.51. The molecule has 15 heavy (non-hydrogen) atoms. The minimum atomic E-state index is -0.470. The van der Waals surface area contributed by atoms with Crippen molar-refractivity contribution >= 4 is 0 Å². The minimum Gasteiger partial charge on any atom is -0.490 e. The Morgan fingerprint density at radius 3 is 2.87 bits per heavy atom. The Labute approximate surface area is 90.1 Å². The van der Waals surface area contributed by atoms with Gasteiger partial charge in [0.1, 0.15) is 18.5 Å². The Balaban J connectivity index is 2.28. The molecule has 3 heteroatoms. The van der Waals surface area contributed by atoms with Crippen molar-refractivity contribution in [2.75, 3.05) is 6.61 Å². The van der Waals surface area contributed by atoms with Crippen molar-refractivity contribution < 1.29 is 9.84 Å². The van der Waals surface area contributed by atoms with Crippen LogP contribution in [0.3, 0.4) is 0 Å². The largest absolute Gasteiger partial charge is 0.490 e. The summed E-state index contributed by atoms with van der Waals surface area (Å²) in [6.07, 6.45) is -0.470. The van der Waals surface area contributed by atoms with Gasteiger partial charge in [-0.1, -0.05) is 32.0 Å². The lowest BCUT2D eigenvalue weighted by Crippen LogP contribution is -2.41. The summed E-state index contributed by atoms with van der Waals surface area (Å²) >= 11 is 0. The molecule has 0 aromatic heterocycles. The van der Waals surface area contributed by atoms with E-state index < -0.39 is 6.10 Å². The third-order valence-electron chi connectivity index (χ3n) is 2.56. The molecule has 0 spiro atoms. The van der Waals surface area contributed by atoms with Crippen LogP contribution in [0.4, 0.5) is 0 Å². The Hall–Kier alpha value is -1.06. The van der Waals surface area contributed by atoms with Crippen LogP contribution in [0.5, 0.6) is 5.75 Å². The van der Waals surface area contributed by atoms with Gasteiger partial charge in [-0.3, -0.25) is 0 Å². The third kappa shape index (κ3) is 2.13. The highest BCUT2D eigenvalue weighted by Crippen LogP contribution is 2.31. The molecule has 0 amide bonds. The molecule has 1 aromatic carbocycles. The van der Waals surface area contributed by atoms with E-state index in [1.54, 1.807) is 0 Å². The molecule has 0 aliphatic carbocycles. The van der Waals surface area contributed by atoms with E-state index in [0.717, 1.165) is 11.3 Å². The molecule has 0 bridgehead atoms. The van der Waals surface area contributed by atoms with E-state index in [1.807, 2.05) is 24.3 Å². The van der Waals surface area contributed by atoms with Crippen molar-refractivity contribution in [1.29, 1.82) is 0 Å². The first-order valence-electron chi connectivity index (χ1n) is 5.34. The van der Waals surface area contributed by atoms with E-state index in [1.165, 1.54) is 0 Å². The first kappa shape index (κ1) is 10.5. The summed E-state index contributed by atoms with van der Waals surface area (Å²) in [5.74, 6) is 0.876. The van der Waals surface area contributed by atoms with Gasteiger partial charge in [0.15, 0.2) is 0 Å². The lowest BCUT2D eigenvalue weighted by atomic mass is 9.97. The average Bonchev–Trinajstić information content (AvgIpc) is 2.22. The van der Waals surface area contributed by atoms with Crippen LogP contribution < -0.4 is 10.1 Å². The van der Waals surface area contributed by atoms with Crippen LogP contribution in [0, 0.1) is 0 Å². The summed E-state index contributed by atoms with van der Waals surface area (Å²) < 4.78 is 5.46. The maximum Gasteiger partial charge on any atom is 0.124 e. The maximum atomic E-state index is 9.88. The Morgan fingerprint density at radius 2 is 2.13 bits per heavy atom. The van der Waals surface area contributed by atoms with Crippen LogP contribution >= 0.6 is 0 Å². The summed E-state index contributed by atoms with van der Waals surface area (Å²) in [4.78, 5) is 0. The number of fused-ring (bicyclic) bond motifs is 1. The molecule has 2 atom stereocenters. The second kappa shape index (κ2) is 4.21. The van der Waals surface area contributed by atoms with E-state index in [9.17, 15) is 5.11 Å². The molecule has 82 valence electrons. The summed E-state index contributed by atoms with van der Waals surface area (Å²) in [6, 6.07) is 8.18. The van der Waals surface area contributed by atoms with E-state index in [0.29, 0.717) is 12.6 Å². The van der Waals surface area contributed by atoms with E-state index >= 15 is 0 Å². The number of hydrogen-bond donors (Lipinski definition) is 2. The molecule has 1 heterocycles. The van der Waals surface area contributed by atoms with Gasteiger partial charge in [-0.15, -0.1) is 0 Å². The second-order valence-electron chi connectivity index (χ2n) is 4.22. The van der Waals surface area contributed by atoms with Crippen molar-refractivity contribution in [2.24, 2.45) is 0 Å². The van der Waals surface area contributed by atoms with Crippen molar-refractivity contribution in [3.8, 4) is 5.75 Å². The number of hydrogen-bond acceptors (Lipinski definition) is 3. The molecule has 0 radical (unpaired) electrons. The molecule has 3 nitrogen and oxygen atoms in total. The van der Waals surface area contributed by atoms with Crippen LogP contribution in [0.25, 0.3) is 0 Å². The van der Waals surface area contributed by atoms with Crippen LogP contribution in [0.1, 0.15) is 25.5 Å². The minimum absolute atomic E-state index is 0.0186. The molecular formula is C12H17NO2. The molecule has 0 saturated carbocycles. The van der Waals surface area contributed by atoms with Gasteiger partial charge < -0.3 is 15.2 Å². The van der Waals surface area contributed by atoms with Gasteiger partial charge in [-0.2, -0.15) is 0 Å². The summed E-state index contributed by atoms with van der Waals surface area (Å²) in [7, 11) is 0.